The van der Waals surface area contributed by atoms with Crippen LogP contribution in [0.15, 0.2) is 30.5 Å². The number of hydrogen-bond acceptors (Lipinski definition) is 7. The summed E-state index contributed by atoms with van der Waals surface area (Å²) in [5, 5.41) is 16.2. The van der Waals surface area contributed by atoms with Gasteiger partial charge in [-0.25, -0.2) is 9.97 Å². The molecule has 7 heteroatoms. The number of pyridine rings is 2. The Morgan fingerprint density at radius 3 is 2.54 bits per heavy atom. The summed E-state index contributed by atoms with van der Waals surface area (Å²) in [6.07, 6.45) is 4.48. The minimum Gasteiger partial charge on any atom is -0.394 e. The van der Waals surface area contributed by atoms with E-state index in [1.165, 1.54) is 18.4 Å². The van der Waals surface area contributed by atoms with E-state index in [1.54, 1.807) is 0 Å². The number of hydrogen-bond donors (Lipinski definition) is 4. The smallest absolute Gasteiger partial charge is 0.135 e. The van der Waals surface area contributed by atoms with Crippen molar-refractivity contribution in [2.24, 2.45) is 5.73 Å². The van der Waals surface area contributed by atoms with Gasteiger partial charge in [-0.1, -0.05) is 6.07 Å². The molecule has 2 aromatic heterocycles. The van der Waals surface area contributed by atoms with Crippen LogP contribution in [0.2, 0.25) is 0 Å². The summed E-state index contributed by atoms with van der Waals surface area (Å²) < 4.78 is 0. The zero-order chi connectivity index (χ0) is 20.1. The molecule has 152 valence electrons. The Labute approximate surface area is 167 Å². The second-order valence-corrected chi connectivity index (χ2v) is 8.01. The lowest BCUT2D eigenvalue weighted by Gasteiger charge is -2.27. The van der Waals surface area contributed by atoms with Gasteiger partial charge in [-0.05, 0) is 51.2 Å². The Morgan fingerprint density at radius 1 is 1.21 bits per heavy atom. The molecule has 1 aliphatic carbocycles. The number of rotatable bonds is 10. The van der Waals surface area contributed by atoms with Crippen molar-refractivity contribution in [3.63, 3.8) is 0 Å². The van der Waals surface area contributed by atoms with Gasteiger partial charge in [0.25, 0.3) is 0 Å². The Hall–Kier alpha value is -2.38. The van der Waals surface area contributed by atoms with Crippen molar-refractivity contribution in [2.75, 3.05) is 41.8 Å². The predicted molar refractivity (Wildman–Crippen MR) is 115 cm³/mol. The Kier molecular flexibility index (Phi) is 6.36. The molecule has 0 radical (unpaired) electrons. The zero-order valence-electron chi connectivity index (χ0n) is 17.1. The molecule has 28 heavy (non-hydrogen) atoms. The van der Waals surface area contributed by atoms with Crippen LogP contribution in [0.25, 0.3) is 0 Å². The standard InChI is InChI=1S/C21H32N6O/c1-4-27(10-9-22)17-11-19(25-20(12-17)26-21(2,3)14-28)24-18-8-7-16(13-23-18)15-5-6-15/h7-8,11-13,15,28H,4-6,9-10,14,22H2,1-3H3,(H2,23,24,25,26). The highest BCUT2D eigenvalue weighted by Gasteiger charge is 2.23. The number of aromatic nitrogens is 2. The quantitative estimate of drug-likeness (QED) is 0.499. The maximum Gasteiger partial charge on any atom is 0.135 e. The minimum absolute atomic E-state index is 0.00610. The molecule has 0 aliphatic heterocycles. The molecule has 0 atom stereocenters. The first-order valence-corrected chi connectivity index (χ1v) is 10.0. The molecular weight excluding hydrogens is 352 g/mol. The van der Waals surface area contributed by atoms with Gasteiger partial charge in [-0.2, -0.15) is 0 Å². The fourth-order valence-corrected chi connectivity index (χ4v) is 3.11. The summed E-state index contributed by atoms with van der Waals surface area (Å²) in [5.74, 6) is 2.86. The molecule has 1 saturated carbocycles. The second kappa shape index (κ2) is 8.75. The monoisotopic (exact) mass is 384 g/mol. The Bertz CT molecular complexity index is 773. The molecule has 1 aliphatic rings. The van der Waals surface area contributed by atoms with E-state index in [9.17, 15) is 5.11 Å². The molecule has 2 aromatic rings. The normalized spacial score (nSPS) is 14.0. The van der Waals surface area contributed by atoms with E-state index in [1.807, 2.05) is 38.2 Å². The van der Waals surface area contributed by atoms with Crippen LogP contribution in [0.3, 0.4) is 0 Å². The van der Waals surface area contributed by atoms with E-state index in [-0.39, 0.29) is 6.61 Å². The van der Waals surface area contributed by atoms with Crippen LogP contribution in [0.5, 0.6) is 0 Å². The maximum atomic E-state index is 9.60. The number of aliphatic hydroxyl groups excluding tert-OH is 1. The summed E-state index contributed by atoms with van der Waals surface area (Å²) >= 11 is 0. The van der Waals surface area contributed by atoms with Crippen molar-refractivity contribution >= 4 is 23.1 Å². The average Bonchev–Trinajstić information content (AvgIpc) is 3.51. The number of nitrogens with one attached hydrogen (secondary N) is 2. The van der Waals surface area contributed by atoms with E-state index in [2.05, 4.69) is 38.5 Å². The molecule has 1 fully saturated rings. The van der Waals surface area contributed by atoms with E-state index in [0.717, 1.165) is 24.6 Å². The van der Waals surface area contributed by atoms with Crippen LogP contribution >= 0.6 is 0 Å². The van der Waals surface area contributed by atoms with Gasteiger partial charge in [0.15, 0.2) is 0 Å². The van der Waals surface area contributed by atoms with Crippen LogP contribution < -0.4 is 21.3 Å². The highest BCUT2D eigenvalue weighted by molar-refractivity contribution is 5.65. The molecule has 0 amide bonds. The van der Waals surface area contributed by atoms with Gasteiger partial charge >= 0.3 is 0 Å². The lowest BCUT2D eigenvalue weighted by molar-refractivity contribution is 0.234. The van der Waals surface area contributed by atoms with Gasteiger partial charge in [-0.15, -0.1) is 0 Å². The fraction of sp³-hybridized carbons (Fsp3) is 0.524. The van der Waals surface area contributed by atoms with E-state index in [0.29, 0.717) is 24.1 Å². The van der Waals surface area contributed by atoms with Crippen molar-refractivity contribution in [3.8, 4) is 0 Å². The summed E-state index contributed by atoms with van der Waals surface area (Å²) in [4.78, 5) is 11.4. The fourth-order valence-electron chi connectivity index (χ4n) is 3.11. The summed E-state index contributed by atoms with van der Waals surface area (Å²) in [7, 11) is 0. The van der Waals surface area contributed by atoms with Gasteiger partial charge in [0, 0.05) is 43.7 Å². The third-order valence-electron chi connectivity index (χ3n) is 4.91. The van der Waals surface area contributed by atoms with Crippen LogP contribution in [0, 0.1) is 0 Å². The van der Waals surface area contributed by atoms with Crippen LogP contribution in [0.4, 0.5) is 23.1 Å². The van der Waals surface area contributed by atoms with Crippen molar-refractivity contribution in [1.82, 2.24) is 9.97 Å². The van der Waals surface area contributed by atoms with Gasteiger partial charge in [0.1, 0.15) is 17.5 Å². The lowest BCUT2D eigenvalue weighted by Crippen LogP contribution is -2.35. The van der Waals surface area contributed by atoms with E-state index < -0.39 is 5.54 Å². The lowest BCUT2D eigenvalue weighted by atomic mass is 10.1. The van der Waals surface area contributed by atoms with Gasteiger partial charge in [0.05, 0.1) is 12.1 Å². The van der Waals surface area contributed by atoms with Gasteiger partial charge < -0.3 is 26.4 Å². The first-order chi connectivity index (χ1) is 13.4. The third kappa shape index (κ3) is 5.33. The number of anilines is 4. The molecule has 2 heterocycles. The molecule has 0 spiro atoms. The van der Waals surface area contributed by atoms with Crippen LogP contribution in [-0.4, -0.2) is 46.9 Å². The third-order valence-corrected chi connectivity index (χ3v) is 4.91. The van der Waals surface area contributed by atoms with Gasteiger partial charge in [-0.3, -0.25) is 0 Å². The number of nitrogens with zero attached hydrogens (tertiary/aromatic N) is 3. The summed E-state index contributed by atoms with van der Waals surface area (Å²) in [5.41, 5.74) is 7.63. The first kappa shape index (κ1) is 20.4. The first-order valence-electron chi connectivity index (χ1n) is 10.0. The van der Waals surface area contributed by atoms with E-state index in [4.69, 9.17) is 5.73 Å². The minimum atomic E-state index is -0.474. The van der Waals surface area contributed by atoms with Crippen molar-refractivity contribution in [1.29, 1.82) is 0 Å². The van der Waals surface area contributed by atoms with Gasteiger partial charge in [0.2, 0.25) is 0 Å². The number of likely N-dealkylation sites (N-methyl/N-ethyl adjacent to an activating group) is 1. The molecule has 5 N–H and O–H groups in total. The van der Waals surface area contributed by atoms with Crippen molar-refractivity contribution in [2.45, 2.75) is 45.1 Å². The highest BCUT2D eigenvalue weighted by atomic mass is 16.3. The second-order valence-electron chi connectivity index (χ2n) is 8.01. The molecule has 3 rings (SSSR count). The zero-order valence-corrected chi connectivity index (χ0v) is 17.1. The van der Waals surface area contributed by atoms with Crippen molar-refractivity contribution in [3.05, 3.63) is 36.0 Å². The number of aliphatic hydroxyl groups is 1. The molecular formula is C21H32N6O. The molecule has 0 bridgehead atoms. The molecule has 0 unspecified atom stereocenters. The molecule has 0 aromatic carbocycles. The van der Waals surface area contributed by atoms with Crippen molar-refractivity contribution < 1.29 is 5.11 Å². The molecule has 0 saturated heterocycles. The summed E-state index contributed by atoms with van der Waals surface area (Å²) in [6, 6.07) is 8.14. The van der Waals surface area contributed by atoms with E-state index >= 15 is 0 Å². The maximum absolute atomic E-state index is 9.60. The Morgan fingerprint density at radius 2 is 1.96 bits per heavy atom. The summed E-state index contributed by atoms with van der Waals surface area (Å²) in [6.45, 7) is 8.16. The topological polar surface area (TPSA) is 99.3 Å². The predicted octanol–water partition coefficient (Wildman–Crippen LogP) is 3.07. The largest absolute Gasteiger partial charge is 0.394 e. The average molecular weight is 385 g/mol. The highest BCUT2D eigenvalue weighted by Crippen LogP contribution is 2.39. The SMILES string of the molecule is CCN(CCN)c1cc(Nc2ccc(C3CC3)cn2)nc(NC(C)(C)CO)c1. The van der Waals surface area contributed by atoms with Crippen LogP contribution in [-0.2, 0) is 0 Å². The number of nitrogens with two attached hydrogens (primary N) is 1. The molecule has 7 nitrogen and oxygen atoms in total. The Balaban J connectivity index is 1.86. The van der Waals surface area contributed by atoms with Crippen LogP contribution in [0.1, 0.15) is 45.1 Å².